The standard InChI is InChI=1S/C14H20N2O3.C11H22N2O3.C8H18N2O.C6H14N4O.C6H14N2O.C3H7NO.C2H5NO/c15-13(10-17)8-4-5-9-16-14(18)19-11-12-6-2-1-3-7-12;1-11(2,3)16-10(15)13-7-5-4-6-9(12)8-14;1-10(2)6-4-3-5-8(9)7-11;7-5(4-11)2-1-3-10-6(8)9;7-4-2-1-3-6(8)5-9;1-3(4)2-5;3-1-2-4/h1-3,6-7,10,13H,4-5,8-9,11,15H2,(H,16,18);8-9H,4-7,12H2,1-3H3,(H,13,15);7-8H,3-6,9H2,1-2H3;4-5H,1-3,7H2,(H4,8,9,10);5-6H,1-4,7-8H2;2-3H,4H2,1H3;2H,1,3H2. The molecule has 75 heavy (non-hydrogen) atoms. The third-order valence-electron chi connectivity index (χ3n) is 8.64. The highest BCUT2D eigenvalue weighted by Gasteiger charge is 2.15. The van der Waals surface area contributed by atoms with Crippen molar-refractivity contribution in [3.8, 4) is 0 Å². The molecule has 0 saturated heterocycles. The fourth-order valence-electron chi connectivity index (χ4n) is 4.69. The zero-order valence-electron chi connectivity index (χ0n) is 45.9. The number of carbonyl (C=O) groups excluding carboxylic acids is 9. The van der Waals surface area contributed by atoms with Gasteiger partial charge in [0.15, 0.2) is 5.96 Å². The van der Waals surface area contributed by atoms with Crippen molar-refractivity contribution in [1.82, 2.24) is 15.5 Å². The first-order valence-corrected chi connectivity index (χ1v) is 25.1. The first kappa shape index (κ1) is 80.7. The van der Waals surface area contributed by atoms with E-state index in [1.54, 1.807) is 6.92 Å². The second-order valence-electron chi connectivity index (χ2n) is 17.8. The Bertz CT molecular complexity index is 1540. The summed E-state index contributed by atoms with van der Waals surface area (Å²) in [5, 5.41) is 5.29. The van der Waals surface area contributed by atoms with Crippen LogP contribution in [-0.4, -0.2) is 162 Å². The summed E-state index contributed by atoms with van der Waals surface area (Å²) >= 11 is 0. The molecule has 1 rings (SSSR count). The fraction of sp³-hybridized carbons (Fsp3) is 0.680. The number of amides is 2. The van der Waals surface area contributed by atoms with Crippen molar-refractivity contribution in [3.05, 3.63) is 35.9 Å². The number of aldehydes is 7. The number of carbonyl (C=O) groups is 9. The minimum Gasteiger partial charge on any atom is -0.445 e. The van der Waals surface area contributed by atoms with Gasteiger partial charge in [0.25, 0.3) is 0 Å². The molecular weight excluding hydrogens is 973 g/mol. The SMILES string of the molecule is CC(C)(C)OC(=O)NCCCCC(N)C=O.CC(N)C=O.CN(C)CCCCC(N)C=O.NC(C=O)CCCCNC(=O)OCc1ccccc1.NC(N)=NCCCC(N)C=O.NCC=O.NCCCCC(N)C=O. The van der Waals surface area contributed by atoms with Crippen LogP contribution < -0.4 is 68.0 Å². The smallest absolute Gasteiger partial charge is 0.407 e. The molecule has 2 amide bonds. The Labute approximate surface area is 446 Å². The van der Waals surface area contributed by atoms with Crippen molar-refractivity contribution in [1.29, 1.82) is 0 Å². The van der Waals surface area contributed by atoms with Gasteiger partial charge in [0, 0.05) is 26.2 Å². The van der Waals surface area contributed by atoms with Crippen molar-refractivity contribution < 1.29 is 52.6 Å². The zero-order chi connectivity index (χ0) is 58.7. The van der Waals surface area contributed by atoms with E-state index in [1.807, 2.05) is 65.2 Å². The molecule has 0 aliphatic rings. The van der Waals surface area contributed by atoms with E-state index in [0.717, 1.165) is 114 Å². The number of unbranched alkanes of at least 4 members (excludes halogenated alkanes) is 4. The van der Waals surface area contributed by atoms with Crippen LogP contribution in [-0.2, 0) is 49.6 Å². The fourth-order valence-corrected chi connectivity index (χ4v) is 4.69. The van der Waals surface area contributed by atoms with Gasteiger partial charge < -0.3 is 116 Å². The van der Waals surface area contributed by atoms with Gasteiger partial charge in [-0.25, -0.2) is 9.59 Å². The van der Waals surface area contributed by atoms with E-state index in [4.69, 9.17) is 65.9 Å². The Morgan fingerprint density at radius 1 is 0.600 bits per heavy atom. The quantitative estimate of drug-likeness (QED) is 0.0195. The Kier molecular flexibility index (Phi) is 65.6. The molecule has 0 radical (unpaired) electrons. The maximum absolute atomic E-state index is 11.4. The molecule has 22 N–H and O–H groups in total. The molecule has 0 fully saturated rings. The Balaban J connectivity index is -0.000000194. The van der Waals surface area contributed by atoms with Crippen molar-refractivity contribution in [2.75, 3.05) is 53.4 Å². The molecule has 6 atom stereocenters. The summed E-state index contributed by atoms with van der Waals surface area (Å²) in [5.74, 6) is 0.0738. The van der Waals surface area contributed by atoms with E-state index >= 15 is 0 Å². The number of nitrogens with zero attached hydrogens (tertiary/aromatic N) is 2. The van der Waals surface area contributed by atoms with Gasteiger partial charge in [-0.2, -0.15) is 0 Å². The molecule has 436 valence electrons. The van der Waals surface area contributed by atoms with Gasteiger partial charge in [0.2, 0.25) is 0 Å². The second kappa shape index (κ2) is 60.9. The van der Waals surface area contributed by atoms with E-state index in [1.165, 1.54) is 0 Å². The Morgan fingerprint density at radius 2 is 0.973 bits per heavy atom. The van der Waals surface area contributed by atoms with E-state index in [2.05, 4.69) is 26.3 Å². The topological polar surface area (TPSA) is 472 Å². The number of hydrogen-bond donors (Lipinski definition) is 12. The summed E-state index contributed by atoms with van der Waals surface area (Å²) in [6.07, 6.45) is 15.8. The number of benzene rings is 1. The summed E-state index contributed by atoms with van der Waals surface area (Å²) in [7, 11) is 4.08. The average molecular weight is 1070 g/mol. The first-order valence-electron chi connectivity index (χ1n) is 25.1. The van der Waals surface area contributed by atoms with Gasteiger partial charge in [-0.3, -0.25) is 4.99 Å². The number of ether oxygens (including phenoxy) is 2. The molecule has 25 nitrogen and oxygen atoms in total. The van der Waals surface area contributed by atoms with Crippen LogP contribution in [0.15, 0.2) is 35.3 Å². The normalized spacial score (nSPS) is 12.3. The lowest BCUT2D eigenvalue weighted by Gasteiger charge is -2.19. The molecule has 1 aromatic carbocycles. The Hall–Kier alpha value is -5.64. The van der Waals surface area contributed by atoms with Crippen molar-refractivity contribution in [2.45, 2.75) is 166 Å². The van der Waals surface area contributed by atoms with Gasteiger partial charge in [-0.1, -0.05) is 43.2 Å². The highest BCUT2D eigenvalue weighted by atomic mass is 16.6. The molecular formula is C50H100N14O11. The zero-order valence-corrected chi connectivity index (χ0v) is 45.9. The number of nitrogens with two attached hydrogens (primary N) is 10. The molecule has 0 saturated carbocycles. The lowest BCUT2D eigenvalue weighted by molar-refractivity contribution is -0.109. The van der Waals surface area contributed by atoms with E-state index in [9.17, 15) is 38.4 Å². The minimum atomic E-state index is -0.468. The number of guanidine groups is 1. The highest BCUT2D eigenvalue weighted by molar-refractivity contribution is 5.75. The lowest BCUT2D eigenvalue weighted by Crippen LogP contribution is -2.33. The Morgan fingerprint density at radius 3 is 1.31 bits per heavy atom. The van der Waals surface area contributed by atoms with Crippen LogP contribution in [0.1, 0.15) is 123 Å². The predicted octanol–water partition coefficient (Wildman–Crippen LogP) is -0.0543. The summed E-state index contributed by atoms with van der Waals surface area (Å²) < 4.78 is 10.1. The first-order chi connectivity index (χ1) is 35.4. The van der Waals surface area contributed by atoms with Crippen LogP contribution in [0.5, 0.6) is 0 Å². The van der Waals surface area contributed by atoms with Crippen LogP contribution in [0.3, 0.4) is 0 Å². The minimum absolute atomic E-state index is 0.0738. The van der Waals surface area contributed by atoms with Crippen molar-refractivity contribution in [2.24, 2.45) is 62.3 Å². The monoisotopic (exact) mass is 1070 g/mol. The number of nitrogens with one attached hydrogen (secondary N) is 2. The van der Waals surface area contributed by atoms with Crippen LogP contribution in [0.4, 0.5) is 9.59 Å². The van der Waals surface area contributed by atoms with Crippen LogP contribution in [0.2, 0.25) is 0 Å². The lowest BCUT2D eigenvalue weighted by atomic mass is 10.1. The highest BCUT2D eigenvalue weighted by Crippen LogP contribution is 2.07. The van der Waals surface area contributed by atoms with Crippen molar-refractivity contribution >= 4 is 62.1 Å². The van der Waals surface area contributed by atoms with Gasteiger partial charge in [0.1, 0.15) is 56.2 Å². The molecule has 25 heteroatoms. The molecule has 0 aliphatic carbocycles. The van der Waals surface area contributed by atoms with Gasteiger partial charge in [0.05, 0.1) is 36.3 Å². The van der Waals surface area contributed by atoms with Crippen LogP contribution in [0, 0.1) is 0 Å². The summed E-state index contributed by atoms with van der Waals surface area (Å²) in [5.41, 5.74) is 52.3. The maximum atomic E-state index is 11.4. The number of aliphatic imine (C=N–C) groups is 1. The third-order valence-corrected chi connectivity index (χ3v) is 8.64. The number of rotatable bonds is 32. The molecule has 0 spiro atoms. The van der Waals surface area contributed by atoms with Gasteiger partial charge in [-0.15, -0.1) is 0 Å². The van der Waals surface area contributed by atoms with Gasteiger partial charge in [-0.05, 0) is 137 Å². The van der Waals surface area contributed by atoms with E-state index in [-0.39, 0.29) is 49.3 Å². The molecule has 6 unspecified atom stereocenters. The number of alkyl carbamates (subject to hydrolysis) is 2. The van der Waals surface area contributed by atoms with E-state index in [0.29, 0.717) is 58.0 Å². The maximum Gasteiger partial charge on any atom is 0.407 e. The largest absolute Gasteiger partial charge is 0.445 e. The van der Waals surface area contributed by atoms with Crippen molar-refractivity contribution in [3.63, 3.8) is 0 Å². The van der Waals surface area contributed by atoms with E-state index < -0.39 is 23.8 Å². The van der Waals surface area contributed by atoms with Crippen LogP contribution in [0.25, 0.3) is 0 Å². The third kappa shape index (κ3) is 82.6. The summed E-state index contributed by atoms with van der Waals surface area (Å²) in [6, 6.07) is 7.50. The summed E-state index contributed by atoms with van der Waals surface area (Å²) in [6.45, 7) is 10.8. The van der Waals surface area contributed by atoms with Gasteiger partial charge >= 0.3 is 12.2 Å². The molecule has 0 heterocycles. The second-order valence-corrected chi connectivity index (χ2v) is 17.8. The molecule has 1 aromatic rings. The predicted molar refractivity (Wildman–Crippen MR) is 297 cm³/mol. The number of hydrogen-bond acceptors (Lipinski definition) is 21. The molecule has 0 aromatic heterocycles. The summed E-state index contributed by atoms with van der Waals surface area (Å²) in [4.78, 5) is 97.4. The van der Waals surface area contributed by atoms with Crippen LogP contribution >= 0.6 is 0 Å². The average Bonchev–Trinajstić information content (AvgIpc) is 3.38. The molecule has 0 bridgehead atoms. The molecule has 0 aliphatic heterocycles.